The molecule has 0 bridgehead atoms. The zero-order valence-electron chi connectivity index (χ0n) is 9.83. The van der Waals surface area contributed by atoms with Gasteiger partial charge >= 0.3 is 1.43 Å². The van der Waals surface area contributed by atoms with E-state index in [1.54, 1.807) is 0 Å². The summed E-state index contributed by atoms with van der Waals surface area (Å²) in [5.41, 5.74) is 1.42. The highest BCUT2D eigenvalue weighted by Gasteiger charge is 2.27. The maximum Gasteiger partial charge on any atom is 1.00 e. The molecule has 1 aliphatic rings. The first-order valence-electron chi connectivity index (χ1n) is 5.46. The second-order valence-corrected chi connectivity index (χ2v) is 6.24. The molecule has 0 saturated carbocycles. The average Bonchev–Trinajstić information content (AvgIpc) is 2.19. The van der Waals surface area contributed by atoms with Crippen LogP contribution in [0.25, 0.3) is 0 Å². The fourth-order valence-electron chi connectivity index (χ4n) is 2.16. The van der Waals surface area contributed by atoms with Crippen molar-refractivity contribution >= 4 is 10.2 Å². The van der Waals surface area contributed by atoms with E-state index in [0.29, 0.717) is 0 Å². The Bertz CT molecular complexity index is 283. The van der Waals surface area contributed by atoms with E-state index in [9.17, 15) is 0 Å². The van der Waals surface area contributed by atoms with Gasteiger partial charge in [-0.15, -0.1) is 0 Å². The predicted octanol–water partition coefficient (Wildman–Crippen LogP) is 1.60. The van der Waals surface area contributed by atoms with Crippen LogP contribution in [0.4, 0.5) is 0 Å². The number of hydrogen-bond acceptors (Lipinski definition) is 1. The Balaban J connectivity index is 0.00000112. The van der Waals surface area contributed by atoms with Gasteiger partial charge in [0.2, 0.25) is 0 Å². The van der Waals surface area contributed by atoms with Gasteiger partial charge in [-0.05, 0) is 31.2 Å². The van der Waals surface area contributed by atoms with Gasteiger partial charge in [0.1, 0.15) is 0 Å². The first-order chi connectivity index (χ1) is 6.79. The van der Waals surface area contributed by atoms with Crippen LogP contribution in [-0.2, 0) is 11.2 Å². The molecule has 2 rings (SSSR count). The molecular weight excluding hydrogens is 188 g/mol. The van der Waals surface area contributed by atoms with E-state index in [2.05, 4.69) is 30.3 Å². The summed E-state index contributed by atoms with van der Waals surface area (Å²) >= 11 is 0. The van der Waals surface area contributed by atoms with Crippen LogP contribution in [0, 0.1) is 0 Å². The number of ether oxygens (including phenoxy) is 1. The Labute approximate surface area is 90.4 Å². The Morgan fingerprint density at radius 2 is 2.07 bits per heavy atom. The lowest BCUT2D eigenvalue weighted by Crippen LogP contribution is -2.38. The third-order valence-corrected chi connectivity index (χ3v) is 4.11. The fraction of sp³-hybridized carbons (Fsp3) is 0.500. The van der Waals surface area contributed by atoms with Gasteiger partial charge in [0, 0.05) is 16.8 Å². The van der Waals surface area contributed by atoms with Crippen LogP contribution < -0.4 is 0 Å². The molecule has 1 atom stereocenters. The Hall–Kier alpha value is -0.603. The molecule has 14 heavy (non-hydrogen) atoms. The Kier molecular flexibility index (Phi) is 3.04. The minimum absolute atomic E-state index is 0. The van der Waals surface area contributed by atoms with Crippen molar-refractivity contribution in [2.75, 3.05) is 6.61 Å². The molecule has 0 aromatic heterocycles. The topological polar surface area (TPSA) is 9.23 Å². The van der Waals surface area contributed by atoms with Gasteiger partial charge in [-0.1, -0.05) is 30.3 Å². The molecule has 1 aliphatic heterocycles. The normalized spacial score (nSPS) is 27.7. The fourth-order valence-corrected chi connectivity index (χ4v) is 3.12. The van der Waals surface area contributed by atoms with Crippen LogP contribution in [0.2, 0.25) is 0 Å². The molecule has 0 radical (unpaired) electrons. The lowest BCUT2D eigenvalue weighted by Gasteiger charge is -2.34. The molecule has 1 heterocycles. The molecule has 1 aromatic rings. The predicted molar refractivity (Wildman–Crippen MR) is 63.7 cm³/mol. The van der Waals surface area contributed by atoms with Gasteiger partial charge in [-0.25, -0.2) is 0 Å². The monoisotopic (exact) mass is 207 g/mol. The van der Waals surface area contributed by atoms with Crippen molar-refractivity contribution in [3.8, 4) is 0 Å². The van der Waals surface area contributed by atoms with Crippen molar-refractivity contribution in [2.24, 2.45) is 0 Å². The molecule has 2 heteroatoms. The lowest BCUT2D eigenvalue weighted by atomic mass is 10.0. The minimum Gasteiger partial charge on any atom is -0.379 e. The molecule has 1 unspecified atom stereocenters. The van der Waals surface area contributed by atoms with Crippen LogP contribution in [-0.4, -0.2) is 22.1 Å². The lowest BCUT2D eigenvalue weighted by molar-refractivity contribution is -0.0168. The zero-order chi connectivity index (χ0) is 9.86. The maximum atomic E-state index is 5.93. The van der Waals surface area contributed by atoms with Gasteiger partial charge in [0.25, 0.3) is 0 Å². The van der Waals surface area contributed by atoms with E-state index in [-0.39, 0.29) is 6.65 Å². The molecule has 1 aromatic carbocycles. The van der Waals surface area contributed by atoms with E-state index >= 15 is 0 Å². The number of hydrogen-bond donors (Lipinski definition) is 0. The maximum absolute atomic E-state index is 5.93. The highest BCUT2D eigenvalue weighted by atomic mass is 28.1. The van der Waals surface area contributed by atoms with Crippen molar-refractivity contribution in [1.29, 1.82) is 0 Å². The molecule has 1 fully saturated rings. The van der Waals surface area contributed by atoms with Crippen LogP contribution in [0.5, 0.6) is 0 Å². The summed E-state index contributed by atoms with van der Waals surface area (Å²) < 4.78 is 5.93. The van der Waals surface area contributed by atoms with Gasteiger partial charge in [-0.2, -0.15) is 0 Å². The summed E-state index contributed by atoms with van der Waals surface area (Å²) in [7, 11) is 1.14. The Morgan fingerprint density at radius 1 is 1.29 bits per heavy atom. The van der Waals surface area contributed by atoms with E-state index in [1.807, 2.05) is 0 Å². The molecule has 0 spiro atoms. The summed E-state index contributed by atoms with van der Waals surface area (Å²) in [5, 5.41) is 0.222. The smallest absolute Gasteiger partial charge is 0.379 e. The highest BCUT2D eigenvalue weighted by molar-refractivity contribution is 6.14. The van der Waals surface area contributed by atoms with Crippen LogP contribution in [0.3, 0.4) is 0 Å². The summed E-state index contributed by atoms with van der Waals surface area (Å²) in [6, 6.07) is 10.7. The van der Waals surface area contributed by atoms with Crippen molar-refractivity contribution in [3.05, 3.63) is 35.9 Å². The third kappa shape index (κ3) is 2.46. The number of benzene rings is 1. The van der Waals surface area contributed by atoms with Gasteiger partial charge in [0.15, 0.2) is 0 Å². The van der Waals surface area contributed by atoms with E-state index in [4.69, 9.17) is 4.74 Å². The SMILES string of the molecule is [H+].[SiH3]C1(Cc2ccccc2)CCCCO1. The van der Waals surface area contributed by atoms with Crippen LogP contribution in [0.1, 0.15) is 26.3 Å². The molecular formula is C12H19OSi+. The third-order valence-electron chi connectivity index (χ3n) is 2.97. The van der Waals surface area contributed by atoms with Gasteiger partial charge in [0.05, 0.1) is 5.22 Å². The standard InChI is InChI=1S/C12H18OSi/c14-12(8-4-5-9-13-12)10-11-6-2-1-3-7-11/h1-3,6-7H,4-5,8-10H2,14H3/p+1. The van der Waals surface area contributed by atoms with Gasteiger partial charge < -0.3 is 4.74 Å². The van der Waals surface area contributed by atoms with Crippen LogP contribution >= 0.6 is 0 Å². The quantitative estimate of drug-likeness (QED) is 0.669. The Morgan fingerprint density at radius 3 is 2.71 bits per heavy atom. The minimum atomic E-state index is 0. The molecule has 0 aliphatic carbocycles. The molecule has 1 nitrogen and oxygen atoms in total. The molecule has 0 N–H and O–H groups in total. The zero-order valence-corrected chi connectivity index (χ0v) is 10.8. The largest absolute Gasteiger partial charge is 1.00 e. The summed E-state index contributed by atoms with van der Waals surface area (Å²) in [6.07, 6.45) is 4.96. The van der Waals surface area contributed by atoms with Crippen molar-refractivity contribution in [1.82, 2.24) is 0 Å². The summed E-state index contributed by atoms with van der Waals surface area (Å²) in [6.45, 7) is 0.969. The first kappa shape index (κ1) is 9.93. The average molecular weight is 207 g/mol. The van der Waals surface area contributed by atoms with Crippen molar-refractivity contribution in [3.63, 3.8) is 0 Å². The molecule has 0 amide bonds. The van der Waals surface area contributed by atoms with E-state index in [0.717, 1.165) is 23.3 Å². The second kappa shape index (κ2) is 4.28. The highest BCUT2D eigenvalue weighted by Crippen LogP contribution is 2.25. The van der Waals surface area contributed by atoms with E-state index < -0.39 is 0 Å². The van der Waals surface area contributed by atoms with Crippen LogP contribution in [0.15, 0.2) is 30.3 Å². The van der Waals surface area contributed by atoms with Crippen molar-refractivity contribution < 1.29 is 6.16 Å². The molecule has 1 saturated heterocycles. The van der Waals surface area contributed by atoms with E-state index in [1.165, 1.54) is 24.8 Å². The van der Waals surface area contributed by atoms with Gasteiger partial charge in [-0.3, -0.25) is 0 Å². The first-order valence-corrected chi connectivity index (χ1v) is 6.46. The summed E-state index contributed by atoms with van der Waals surface area (Å²) in [4.78, 5) is 0. The summed E-state index contributed by atoms with van der Waals surface area (Å²) in [5.74, 6) is 0. The van der Waals surface area contributed by atoms with Crippen molar-refractivity contribution in [2.45, 2.75) is 30.9 Å². The molecule has 76 valence electrons. The number of rotatable bonds is 2. The second-order valence-electron chi connectivity index (χ2n) is 4.42.